The van der Waals surface area contributed by atoms with Crippen molar-refractivity contribution in [3.05, 3.63) is 47.2 Å². The van der Waals surface area contributed by atoms with E-state index in [2.05, 4.69) is 15.5 Å². The SMILES string of the molecule is CCc1nc(-c2csc(S(=O)(=O)N3CCC(C(=O)Nc4cccc(C(C)=O)c4)CC3)c2)no1. The molecule has 1 saturated heterocycles. The number of benzene rings is 1. The summed E-state index contributed by atoms with van der Waals surface area (Å²) in [6.45, 7) is 3.87. The Hall–Kier alpha value is -2.89. The first kappa shape index (κ1) is 23.3. The smallest absolute Gasteiger partial charge is 0.252 e. The van der Waals surface area contributed by atoms with Gasteiger partial charge in [-0.15, -0.1) is 11.3 Å². The first-order chi connectivity index (χ1) is 15.8. The number of carbonyl (C=O) groups is 2. The van der Waals surface area contributed by atoms with Gasteiger partial charge < -0.3 is 9.84 Å². The van der Waals surface area contributed by atoms with Crippen molar-refractivity contribution in [1.82, 2.24) is 14.4 Å². The molecule has 3 heterocycles. The lowest BCUT2D eigenvalue weighted by Crippen LogP contribution is -2.41. The highest BCUT2D eigenvalue weighted by molar-refractivity contribution is 7.91. The van der Waals surface area contributed by atoms with E-state index in [1.54, 1.807) is 35.7 Å². The minimum absolute atomic E-state index is 0.0773. The molecule has 0 spiro atoms. The molecule has 1 amide bonds. The number of ketones is 1. The molecule has 1 N–H and O–H groups in total. The Kier molecular flexibility index (Phi) is 6.73. The van der Waals surface area contributed by atoms with Crippen LogP contribution < -0.4 is 5.32 Å². The first-order valence-corrected chi connectivity index (χ1v) is 12.9. The van der Waals surface area contributed by atoms with Gasteiger partial charge in [0.05, 0.1) is 0 Å². The maximum absolute atomic E-state index is 13.1. The first-order valence-electron chi connectivity index (χ1n) is 10.6. The van der Waals surface area contributed by atoms with Gasteiger partial charge in [0.1, 0.15) is 4.21 Å². The second kappa shape index (κ2) is 9.54. The summed E-state index contributed by atoms with van der Waals surface area (Å²) in [6.07, 6.45) is 1.44. The molecule has 1 aliphatic heterocycles. The van der Waals surface area contributed by atoms with E-state index in [1.165, 1.54) is 11.2 Å². The predicted octanol–water partition coefficient (Wildman–Crippen LogP) is 3.60. The Bertz CT molecular complexity index is 1270. The van der Waals surface area contributed by atoms with Crippen molar-refractivity contribution in [3.8, 4) is 11.4 Å². The van der Waals surface area contributed by atoms with Crippen molar-refractivity contribution in [1.29, 1.82) is 0 Å². The van der Waals surface area contributed by atoms with Crippen LogP contribution in [0.2, 0.25) is 0 Å². The molecule has 2 aromatic heterocycles. The number of Topliss-reactive ketones (excluding diaryl/α,β-unsaturated/α-hetero) is 1. The number of piperidine rings is 1. The Balaban J connectivity index is 1.38. The zero-order valence-electron chi connectivity index (χ0n) is 18.3. The minimum atomic E-state index is -3.67. The molecule has 3 aromatic rings. The lowest BCUT2D eigenvalue weighted by atomic mass is 9.97. The average molecular weight is 489 g/mol. The Morgan fingerprint density at radius 3 is 2.67 bits per heavy atom. The van der Waals surface area contributed by atoms with Crippen LogP contribution in [0.4, 0.5) is 5.69 Å². The van der Waals surface area contributed by atoms with E-state index in [0.29, 0.717) is 47.8 Å². The van der Waals surface area contributed by atoms with Crippen molar-refractivity contribution < 1.29 is 22.5 Å². The zero-order chi connectivity index (χ0) is 23.6. The largest absolute Gasteiger partial charge is 0.339 e. The fourth-order valence-corrected chi connectivity index (χ4v) is 6.41. The number of anilines is 1. The van der Waals surface area contributed by atoms with Gasteiger partial charge in [0.15, 0.2) is 5.78 Å². The fourth-order valence-electron chi connectivity index (χ4n) is 3.63. The van der Waals surface area contributed by atoms with Crippen molar-refractivity contribution in [2.75, 3.05) is 18.4 Å². The van der Waals surface area contributed by atoms with E-state index >= 15 is 0 Å². The summed E-state index contributed by atoms with van der Waals surface area (Å²) in [5, 5.41) is 8.43. The van der Waals surface area contributed by atoms with Gasteiger partial charge in [0.25, 0.3) is 10.0 Å². The second-order valence-electron chi connectivity index (χ2n) is 7.82. The topological polar surface area (TPSA) is 122 Å². The van der Waals surface area contributed by atoms with Gasteiger partial charge in [-0.3, -0.25) is 9.59 Å². The molecule has 0 atom stereocenters. The standard InChI is InChI=1S/C22H24N4O5S2/c1-3-19-24-21(25-31-19)17-12-20(32-13-17)33(29,30)26-9-7-15(8-10-26)22(28)23-18-6-4-5-16(11-18)14(2)27/h4-6,11-13,15H,3,7-10H2,1-2H3,(H,23,28). The summed E-state index contributed by atoms with van der Waals surface area (Å²) < 4.78 is 32.9. The lowest BCUT2D eigenvalue weighted by Gasteiger charge is -2.30. The van der Waals surface area contributed by atoms with Crippen molar-refractivity contribution in [3.63, 3.8) is 0 Å². The summed E-state index contributed by atoms with van der Waals surface area (Å²) in [5.74, 6) is 0.312. The fraction of sp³-hybridized carbons (Fsp3) is 0.364. The van der Waals surface area contributed by atoms with E-state index in [-0.39, 0.29) is 34.9 Å². The van der Waals surface area contributed by atoms with Crippen LogP contribution >= 0.6 is 11.3 Å². The van der Waals surface area contributed by atoms with Gasteiger partial charge >= 0.3 is 0 Å². The Morgan fingerprint density at radius 2 is 2.00 bits per heavy atom. The van der Waals surface area contributed by atoms with E-state index < -0.39 is 10.0 Å². The highest BCUT2D eigenvalue weighted by Gasteiger charge is 2.33. The maximum Gasteiger partial charge on any atom is 0.252 e. The number of aromatic nitrogens is 2. The predicted molar refractivity (Wildman–Crippen MR) is 124 cm³/mol. The number of amides is 1. The number of aryl methyl sites for hydroxylation is 1. The molecule has 0 unspecified atom stereocenters. The van der Waals surface area contributed by atoms with Gasteiger partial charge in [0, 0.05) is 47.6 Å². The number of nitrogens with one attached hydrogen (secondary N) is 1. The van der Waals surface area contributed by atoms with E-state index in [9.17, 15) is 18.0 Å². The van der Waals surface area contributed by atoms with Crippen molar-refractivity contribution in [2.45, 2.75) is 37.3 Å². The number of sulfonamides is 1. The van der Waals surface area contributed by atoms with Crippen LogP contribution in [0, 0.1) is 5.92 Å². The van der Waals surface area contributed by atoms with Gasteiger partial charge in [-0.2, -0.15) is 9.29 Å². The Morgan fingerprint density at radius 1 is 1.24 bits per heavy atom. The summed E-state index contributed by atoms with van der Waals surface area (Å²) in [6, 6.07) is 8.34. The summed E-state index contributed by atoms with van der Waals surface area (Å²) in [5.41, 5.74) is 1.68. The summed E-state index contributed by atoms with van der Waals surface area (Å²) in [4.78, 5) is 28.5. The van der Waals surface area contributed by atoms with Crippen LogP contribution in [0.5, 0.6) is 0 Å². The number of carbonyl (C=O) groups excluding carboxylic acids is 2. The number of hydrogen-bond donors (Lipinski definition) is 1. The van der Waals surface area contributed by atoms with E-state index in [1.807, 2.05) is 6.92 Å². The van der Waals surface area contributed by atoms with Crippen LogP contribution in [0.15, 0.2) is 44.4 Å². The molecule has 1 fully saturated rings. The molecule has 0 saturated carbocycles. The average Bonchev–Trinajstić information content (AvgIpc) is 3.49. The van der Waals surface area contributed by atoms with Gasteiger partial charge in [0.2, 0.25) is 17.6 Å². The van der Waals surface area contributed by atoms with Crippen LogP contribution in [-0.4, -0.2) is 47.6 Å². The molecule has 33 heavy (non-hydrogen) atoms. The zero-order valence-corrected chi connectivity index (χ0v) is 19.9. The molecule has 11 heteroatoms. The molecule has 9 nitrogen and oxygen atoms in total. The number of hydrogen-bond acceptors (Lipinski definition) is 8. The summed E-state index contributed by atoms with van der Waals surface area (Å²) in [7, 11) is -3.67. The molecule has 0 radical (unpaired) electrons. The molecule has 174 valence electrons. The third kappa shape index (κ3) is 5.05. The van der Waals surface area contributed by atoms with E-state index in [4.69, 9.17) is 4.52 Å². The monoisotopic (exact) mass is 488 g/mol. The molecule has 4 rings (SSSR count). The molecular formula is C22H24N4O5S2. The molecule has 0 bridgehead atoms. The van der Waals surface area contributed by atoms with Crippen LogP contribution in [0.25, 0.3) is 11.4 Å². The minimum Gasteiger partial charge on any atom is -0.339 e. The van der Waals surface area contributed by atoms with Crippen LogP contribution in [-0.2, 0) is 21.2 Å². The van der Waals surface area contributed by atoms with Crippen molar-refractivity contribution >= 4 is 38.7 Å². The van der Waals surface area contributed by atoms with E-state index in [0.717, 1.165) is 11.3 Å². The third-order valence-electron chi connectivity index (χ3n) is 5.56. The van der Waals surface area contributed by atoms with Crippen molar-refractivity contribution in [2.24, 2.45) is 5.92 Å². The lowest BCUT2D eigenvalue weighted by molar-refractivity contribution is -0.120. The molecular weight excluding hydrogens is 464 g/mol. The highest BCUT2D eigenvalue weighted by atomic mass is 32.2. The molecule has 1 aliphatic rings. The number of nitrogens with zero attached hydrogens (tertiary/aromatic N) is 3. The van der Waals surface area contributed by atoms with Gasteiger partial charge in [-0.1, -0.05) is 24.2 Å². The quantitative estimate of drug-likeness (QED) is 0.504. The van der Waals surface area contributed by atoms with Gasteiger partial charge in [-0.25, -0.2) is 8.42 Å². The normalized spacial score (nSPS) is 15.5. The number of rotatable bonds is 7. The van der Waals surface area contributed by atoms with Crippen LogP contribution in [0.3, 0.4) is 0 Å². The molecule has 0 aliphatic carbocycles. The maximum atomic E-state index is 13.1. The Labute approximate surface area is 195 Å². The second-order valence-corrected chi connectivity index (χ2v) is 10.9. The summed E-state index contributed by atoms with van der Waals surface area (Å²) >= 11 is 1.12. The third-order valence-corrected chi connectivity index (χ3v) is 8.87. The highest BCUT2D eigenvalue weighted by Crippen LogP contribution is 2.31. The van der Waals surface area contributed by atoms with Crippen LogP contribution in [0.1, 0.15) is 42.9 Å². The van der Waals surface area contributed by atoms with Gasteiger partial charge in [-0.05, 0) is 38.0 Å². The number of thiophene rings is 1. The molecule has 1 aromatic carbocycles.